The number of rotatable bonds is 1. The monoisotopic (exact) mass is 230 g/mol. The Labute approximate surface area is 90.4 Å². The predicted octanol–water partition coefficient (Wildman–Crippen LogP) is 3.34. The minimum atomic E-state index is 0.0584. The van der Waals surface area contributed by atoms with Crippen molar-refractivity contribution < 1.29 is 5.11 Å². The van der Waals surface area contributed by atoms with Crippen LogP contribution >= 0.6 is 35.6 Å². The number of halogens is 1. The van der Waals surface area contributed by atoms with Gasteiger partial charge in [0.15, 0.2) is 0 Å². The van der Waals surface area contributed by atoms with Crippen molar-refractivity contribution in [2.45, 2.75) is 11.5 Å². The molecule has 0 saturated heterocycles. The fraction of sp³-hybridized carbons (Fsp3) is 0.111. The molecule has 0 aliphatic heterocycles. The van der Waals surface area contributed by atoms with Crippen molar-refractivity contribution in [3.63, 3.8) is 0 Å². The average Bonchev–Trinajstić information content (AvgIpc) is 2.56. The highest BCUT2D eigenvalue weighted by Gasteiger charge is 2.06. The maximum absolute atomic E-state index is 8.96. The van der Waals surface area contributed by atoms with Crippen molar-refractivity contribution in [2.75, 3.05) is 0 Å². The molecule has 1 heterocycles. The van der Waals surface area contributed by atoms with Gasteiger partial charge in [0.2, 0.25) is 0 Å². The molecule has 0 aliphatic rings. The maximum atomic E-state index is 8.96. The van der Waals surface area contributed by atoms with E-state index in [-0.39, 0.29) is 6.61 Å². The number of hydrogen-bond donors (Lipinski definition) is 2. The molecule has 1 aromatic heterocycles. The van der Waals surface area contributed by atoms with Gasteiger partial charge in [0.25, 0.3) is 0 Å². The first kappa shape index (κ1) is 9.34. The Balaban J connectivity index is 2.80. The second-order valence-corrected chi connectivity index (χ2v) is 4.71. The Morgan fingerprint density at radius 3 is 2.85 bits per heavy atom. The number of hydrogen-bond acceptors (Lipinski definition) is 3. The van der Waals surface area contributed by atoms with E-state index >= 15 is 0 Å². The van der Waals surface area contributed by atoms with E-state index in [9.17, 15) is 0 Å². The molecule has 0 fully saturated rings. The van der Waals surface area contributed by atoms with Crippen LogP contribution in [0.1, 0.15) is 4.88 Å². The SMILES string of the molecule is OCc1cc2c(Cl)ccc(S)c2s1. The van der Waals surface area contributed by atoms with Crippen LogP contribution in [0.5, 0.6) is 0 Å². The number of thiophene rings is 1. The Morgan fingerprint density at radius 1 is 1.46 bits per heavy atom. The summed E-state index contributed by atoms with van der Waals surface area (Å²) in [5.41, 5.74) is 0. The quantitative estimate of drug-likeness (QED) is 0.720. The molecule has 0 bridgehead atoms. The predicted molar refractivity (Wildman–Crippen MR) is 60.0 cm³/mol. The van der Waals surface area contributed by atoms with Gasteiger partial charge in [-0.2, -0.15) is 0 Å². The molecule has 2 rings (SSSR count). The van der Waals surface area contributed by atoms with Crippen LogP contribution in [-0.2, 0) is 6.61 Å². The molecule has 1 nitrogen and oxygen atoms in total. The van der Waals surface area contributed by atoms with Crippen LogP contribution in [0.4, 0.5) is 0 Å². The zero-order chi connectivity index (χ0) is 9.42. The standard InChI is InChI=1S/C9H7ClOS2/c10-7-1-2-8(12)9-6(7)3-5(4-11)13-9/h1-3,11-12H,4H2. The summed E-state index contributed by atoms with van der Waals surface area (Å²) in [6.45, 7) is 0.0584. The third-order valence-electron chi connectivity index (χ3n) is 1.82. The molecule has 0 amide bonds. The van der Waals surface area contributed by atoms with Crippen LogP contribution in [0.2, 0.25) is 5.02 Å². The lowest BCUT2D eigenvalue weighted by Gasteiger charge is -1.95. The van der Waals surface area contributed by atoms with Crippen molar-refractivity contribution in [3.8, 4) is 0 Å². The lowest BCUT2D eigenvalue weighted by molar-refractivity contribution is 0.285. The van der Waals surface area contributed by atoms with Crippen molar-refractivity contribution >= 4 is 45.7 Å². The highest BCUT2D eigenvalue weighted by molar-refractivity contribution is 7.80. The summed E-state index contributed by atoms with van der Waals surface area (Å²) in [7, 11) is 0. The van der Waals surface area contributed by atoms with E-state index in [2.05, 4.69) is 12.6 Å². The normalized spacial score (nSPS) is 11.0. The van der Waals surface area contributed by atoms with Gasteiger partial charge in [0, 0.05) is 24.9 Å². The second kappa shape index (κ2) is 3.50. The highest BCUT2D eigenvalue weighted by Crippen LogP contribution is 2.35. The maximum Gasteiger partial charge on any atom is 0.0774 e. The topological polar surface area (TPSA) is 20.2 Å². The fourth-order valence-corrected chi connectivity index (χ4v) is 2.76. The molecule has 0 aliphatic carbocycles. The Morgan fingerprint density at radius 2 is 2.23 bits per heavy atom. The third-order valence-corrected chi connectivity index (χ3v) is 3.82. The first-order valence-electron chi connectivity index (χ1n) is 3.73. The Hall–Kier alpha value is -0.220. The summed E-state index contributed by atoms with van der Waals surface area (Å²) in [6.07, 6.45) is 0. The van der Waals surface area contributed by atoms with Crippen LogP contribution in [0.25, 0.3) is 10.1 Å². The van der Waals surface area contributed by atoms with E-state index in [4.69, 9.17) is 16.7 Å². The zero-order valence-electron chi connectivity index (χ0n) is 6.62. The van der Waals surface area contributed by atoms with E-state index in [1.165, 1.54) is 11.3 Å². The van der Waals surface area contributed by atoms with Crippen LogP contribution in [0.15, 0.2) is 23.1 Å². The summed E-state index contributed by atoms with van der Waals surface area (Å²) in [4.78, 5) is 1.82. The van der Waals surface area contributed by atoms with Gasteiger partial charge >= 0.3 is 0 Å². The zero-order valence-corrected chi connectivity index (χ0v) is 9.09. The summed E-state index contributed by atoms with van der Waals surface area (Å²) in [5.74, 6) is 0. The lowest BCUT2D eigenvalue weighted by Crippen LogP contribution is -1.70. The first-order valence-corrected chi connectivity index (χ1v) is 5.37. The summed E-state index contributed by atoms with van der Waals surface area (Å²) >= 11 is 11.8. The molecule has 4 heteroatoms. The van der Waals surface area contributed by atoms with Crippen LogP contribution in [0.3, 0.4) is 0 Å². The third kappa shape index (κ3) is 1.57. The van der Waals surface area contributed by atoms with E-state index in [1.807, 2.05) is 18.2 Å². The molecule has 1 N–H and O–H groups in total. The molecular formula is C9H7ClOS2. The molecule has 0 atom stereocenters. The lowest BCUT2D eigenvalue weighted by atomic mass is 10.2. The second-order valence-electron chi connectivity index (χ2n) is 2.68. The van der Waals surface area contributed by atoms with E-state index in [0.717, 1.165) is 19.9 Å². The fourth-order valence-electron chi connectivity index (χ4n) is 1.21. The van der Waals surface area contributed by atoms with Gasteiger partial charge in [-0.1, -0.05) is 11.6 Å². The van der Waals surface area contributed by atoms with Crippen molar-refractivity contribution in [2.24, 2.45) is 0 Å². The highest BCUT2D eigenvalue weighted by atomic mass is 35.5. The van der Waals surface area contributed by atoms with Gasteiger partial charge in [0.1, 0.15) is 0 Å². The molecular weight excluding hydrogens is 224 g/mol. The number of benzene rings is 1. The largest absolute Gasteiger partial charge is 0.391 e. The first-order chi connectivity index (χ1) is 6.22. The van der Waals surface area contributed by atoms with Gasteiger partial charge in [0.05, 0.1) is 6.61 Å². The molecule has 0 spiro atoms. The van der Waals surface area contributed by atoms with Gasteiger partial charge in [-0.05, 0) is 18.2 Å². The molecule has 0 radical (unpaired) electrons. The summed E-state index contributed by atoms with van der Waals surface area (Å²) in [5, 5.41) is 10.6. The average molecular weight is 231 g/mol. The summed E-state index contributed by atoms with van der Waals surface area (Å²) < 4.78 is 1.04. The van der Waals surface area contributed by atoms with Crippen molar-refractivity contribution in [1.82, 2.24) is 0 Å². The molecule has 1 aromatic carbocycles. The summed E-state index contributed by atoms with van der Waals surface area (Å²) in [6, 6.07) is 5.59. The molecule has 0 unspecified atom stereocenters. The number of fused-ring (bicyclic) bond motifs is 1. The Kier molecular flexibility index (Phi) is 2.51. The van der Waals surface area contributed by atoms with E-state index < -0.39 is 0 Å². The van der Waals surface area contributed by atoms with Crippen LogP contribution in [-0.4, -0.2) is 5.11 Å². The van der Waals surface area contributed by atoms with Gasteiger partial charge < -0.3 is 5.11 Å². The molecule has 2 aromatic rings. The number of aliphatic hydroxyl groups is 1. The smallest absolute Gasteiger partial charge is 0.0774 e. The van der Waals surface area contributed by atoms with Gasteiger partial charge in [-0.15, -0.1) is 24.0 Å². The van der Waals surface area contributed by atoms with Crippen LogP contribution in [0, 0.1) is 0 Å². The van der Waals surface area contributed by atoms with Crippen molar-refractivity contribution in [1.29, 1.82) is 0 Å². The molecule has 68 valence electrons. The molecule has 13 heavy (non-hydrogen) atoms. The van der Waals surface area contributed by atoms with E-state index in [0.29, 0.717) is 5.02 Å². The molecule has 0 saturated carbocycles. The minimum Gasteiger partial charge on any atom is -0.391 e. The number of aliphatic hydroxyl groups excluding tert-OH is 1. The van der Waals surface area contributed by atoms with Gasteiger partial charge in [-0.3, -0.25) is 0 Å². The number of thiol groups is 1. The Bertz CT molecular complexity index is 411. The van der Waals surface area contributed by atoms with Crippen molar-refractivity contribution in [3.05, 3.63) is 28.1 Å². The van der Waals surface area contributed by atoms with E-state index in [1.54, 1.807) is 0 Å². The van der Waals surface area contributed by atoms with Crippen LogP contribution < -0.4 is 0 Å². The minimum absolute atomic E-state index is 0.0584. The van der Waals surface area contributed by atoms with Gasteiger partial charge in [-0.25, -0.2) is 0 Å².